The Hall–Kier alpha value is -2.97. The molecule has 3 rings (SSSR count). The first kappa shape index (κ1) is 23.7. The van der Waals surface area contributed by atoms with Crippen molar-refractivity contribution in [3.8, 4) is 17.4 Å². The standard InChI is InChI=1S/C23H27F3N2O4/c1-3-30-19-11-5-15(13-20(19)31-4-2)22(29)28-17-7-9-18(10-8-17)32-21-12-6-16(14-27-21)23(24,25)26/h5-6,11-14,17-18H,3-4,7-10H2,1-2H3,(H,28,29). The lowest BCUT2D eigenvalue weighted by atomic mass is 9.92. The van der Waals surface area contributed by atoms with Crippen LogP contribution >= 0.6 is 0 Å². The van der Waals surface area contributed by atoms with E-state index < -0.39 is 11.7 Å². The van der Waals surface area contributed by atoms with Crippen LogP contribution in [0.2, 0.25) is 0 Å². The molecule has 0 atom stereocenters. The van der Waals surface area contributed by atoms with E-state index in [9.17, 15) is 18.0 Å². The number of aromatic nitrogens is 1. The molecule has 1 aromatic heterocycles. The predicted octanol–water partition coefficient (Wildman–Crippen LogP) is 5.02. The van der Waals surface area contributed by atoms with Gasteiger partial charge < -0.3 is 19.5 Å². The number of hydrogen-bond acceptors (Lipinski definition) is 5. The number of pyridine rings is 1. The maximum absolute atomic E-state index is 12.7. The summed E-state index contributed by atoms with van der Waals surface area (Å²) in [5.41, 5.74) is -0.317. The number of carbonyl (C=O) groups excluding carboxylic acids is 1. The molecule has 0 bridgehead atoms. The Kier molecular flexibility index (Phi) is 7.82. The van der Waals surface area contributed by atoms with Gasteiger partial charge in [0.05, 0.1) is 18.8 Å². The number of amides is 1. The molecule has 0 unspecified atom stereocenters. The highest BCUT2D eigenvalue weighted by atomic mass is 19.4. The van der Waals surface area contributed by atoms with Crippen LogP contribution in [0, 0.1) is 0 Å². The molecular weight excluding hydrogens is 425 g/mol. The van der Waals surface area contributed by atoms with Gasteiger partial charge in [-0.2, -0.15) is 13.2 Å². The van der Waals surface area contributed by atoms with Gasteiger partial charge in [-0.05, 0) is 63.8 Å². The molecule has 174 valence electrons. The molecule has 32 heavy (non-hydrogen) atoms. The summed E-state index contributed by atoms with van der Waals surface area (Å²) in [5.74, 6) is 1.11. The van der Waals surface area contributed by atoms with Gasteiger partial charge in [0, 0.05) is 23.9 Å². The van der Waals surface area contributed by atoms with Crippen molar-refractivity contribution in [2.45, 2.75) is 57.9 Å². The van der Waals surface area contributed by atoms with E-state index in [1.54, 1.807) is 18.2 Å². The number of nitrogens with zero attached hydrogens (tertiary/aromatic N) is 1. The van der Waals surface area contributed by atoms with Gasteiger partial charge in [-0.3, -0.25) is 4.79 Å². The molecule has 9 heteroatoms. The number of nitrogens with one attached hydrogen (secondary N) is 1. The van der Waals surface area contributed by atoms with Gasteiger partial charge in [0.1, 0.15) is 6.10 Å². The van der Waals surface area contributed by atoms with Gasteiger partial charge in [-0.1, -0.05) is 0 Å². The molecule has 1 aromatic carbocycles. The zero-order valence-corrected chi connectivity index (χ0v) is 18.1. The van der Waals surface area contributed by atoms with E-state index in [1.807, 2.05) is 13.8 Å². The van der Waals surface area contributed by atoms with E-state index in [2.05, 4.69) is 10.3 Å². The average molecular weight is 452 g/mol. The van der Waals surface area contributed by atoms with Crippen molar-refractivity contribution in [1.29, 1.82) is 0 Å². The number of halogens is 3. The van der Waals surface area contributed by atoms with Crippen LogP contribution in [0.25, 0.3) is 0 Å². The Bertz CT molecular complexity index is 895. The minimum absolute atomic E-state index is 0.00923. The molecule has 1 fully saturated rings. The fourth-order valence-corrected chi connectivity index (χ4v) is 3.57. The van der Waals surface area contributed by atoms with Gasteiger partial charge in [0.15, 0.2) is 11.5 Å². The third-order valence-electron chi connectivity index (χ3n) is 5.17. The zero-order valence-electron chi connectivity index (χ0n) is 18.1. The minimum Gasteiger partial charge on any atom is -0.490 e. The van der Waals surface area contributed by atoms with Gasteiger partial charge in [-0.25, -0.2) is 4.98 Å². The number of rotatable bonds is 8. The van der Waals surface area contributed by atoms with E-state index >= 15 is 0 Å². The van der Waals surface area contributed by atoms with E-state index in [4.69, 9.17) is 14.2 Å². The first-order valence-corrected chi connectivity index (χ1v) is 10.7. The Morgan fingerprint density at radius 1 is 1.03 bits per heavy atom. The summed E-state index contributed by atoms with van der Waals surface area (Å²) < 4.78 is 54.7. The molecule has 1 heterocycles. The summed E-state index contributed by atoms with van der Waals surface area (Å²) in [7, 11) is 0. The van der Waals surface area contributed by atoms with Crippen LogP contribution in [0.3, 0.4) is 0 Å². The zero-order chi connectivity index (χ0) is 23.1. The lowest BCUT2D eigenvalue weighted by Gasteiger charge is -2.29. The summed E-state index contributed by atoms with van der Waals surface area (Å²) in [4.78, 5) is 16.4. The predicted molar refractivity (Wildman–Crippen MR) is 112 cm³/mol. The Morgan fingerprint density at radius 3 is 2.31 bits per heavy atom. The summed E-state index contributed by atoms with van der Waals surface area (Å²) in [6, 6.07) is 7.29. The molecule has 0 spiro atoms. The summed E-state index contributed by atoms with van der Waals surface area (Å²) >= 11 is 0. The van der Waals surface area contributed by atoms with Crippen LogP contribution < -0.4 is 19.5 Å². The van der Waals surface area contributed by atoms with Crippen molar-refractivity contribution >= 4 is 5.91 Å². The van der Waals surface area contributed by atoms with Crippen molar-refractivity contribution in [2.75, 3.05) is 13.2 Å². The topological polar surface area (TPSA) is 69.7 Å². The lowest BCUT2D eigenvalue weighted by Crippen LogP contribution is -2.39. The van der Waals surface area contributed by atoms with Crippen LogP contribution in [0.4, 0.5) is 13.2 Å². The van der Waals surface area contributed by atoms with Gasteiger partial charge in [0.2, 0.25) is 5.88 Å². The number of ether oxygens (including phenoxy) is 3. The maximum Gasteiger partial charge on any atom is 0.417 e. The molecule has 0 aliphatic heterocycles. The molecule has 6 nitrogen and oxygen atoms in total. The number of carbonyl (C=O) groups is 1. The molecule has 2 aromatic rings. The van der Waals surface area contributed by atoms with Crippen molar-refractivity contribution in [3.63, 3.8) is 0 Å². The third-order valence-corrected chi connectivity index (χ3v) is 5.17. The van der Waals surface area contributed by atoms with Crippen molar-refractivity contribution in [3.05, 3.63) is 47.7 Å². The van der Waals surface area contributed by atoms with Gasteiger partial charge in [-0.15, -0.1) is 0 Å². The lowest BCUT2D eigenvalue weighted by molar-refractivity contribution is -0.137. The molecule has 1 aliphatic carbocycles. The summed E-state index contributed by atoms with van der Waals surface area (Å²) in [5, 5.41) is 3.03. The second kappa shape index (κ2) is 10.6. The van der Waals surface area contributed by atoms with Crippen LogP contribution in [0.5, 0.6) is 17.4 Å². The maximum atomic E-state index is 12.7. The number of benzene rings is 1. The molecule has 1 amide bonds. The van der Waals surface area contributed by atoms with E-state index in [0.29, 0.717) is 56.0 Å². The fraction of sp³-hybridized carbons (Fsp3) is 0.478. The SMILES string of the molecule is CCOc1ccc(C(=O)NC2CCC(Oc3ccc(C(F)(F)F)cn3)CC2)cc1OCC. The molecular formula is C23H27F3N2O4. The quantitative estimate of drug-likeness (QED) is 0.609. The molecule has 0 radical (unpaired) electrons. The Balaban J connectivity index is 1.51. The van der Waals surface area contributed by atoms with Gasteiger partial charge in [0.25, 0.3) is 5.91 Å². The van der Waals surface area contributed by atoms with Crippen LogP contribution in [0.15, 0.2) is 36.5 Å². The Labute approximate surface area is 185 Å². The minimum atomic E-state index is -4.42. The van der Waals surface area contributed by atoms with Crippen LogP contribution in [-0.2, 0) is 6.18 Å². The van der Waals surface area contributed by atoms with E-state index in [0.717, 1.165) is 12.3 Å². The summed E-state index contributed by atoms with van der Waals surface area (Å²) in [6.07, 6.45) is -1.06. The highest BCUT2D eigenvalue weighted by Gasteiger charge is 2.31. The first-order valence-electron chi connectivity index (χ1n) is 10.7. The second-order valence-electron chi connectivity index (χ2n) is 7.48. The van der Waals surface area contributed by atoms with E-state index in [-0.39, 0.29) is 23.9 Å². The van der Waals surface area contributed by atoms with Crippen LogP contribution in [0.1, 0.15) is 55.5 Å². The normalized spacial score (nSPS) is 18.7. The smallest absolute Gasteiger partial charge is 0.417 e. The Morgan fingerprint density at radius 2 is 1.72 bits per heavy atom. The molecule has 1 aliphatic rings. The van der Waals surface area contributed by atoms with Crippen LogP contribution in [-0.4, -0.2) is 36.3 Å². The fourth-order valence-electron chi connectivity index (χ4n) is 3.57. The number of alkyl halides is 3. The molecule has 0 saturated heterocycles. The summed E-state index contributed by atoms with van der Waals surface area (Å²) in [6.45, 7) is 4.70. The van der Waals surface area contributed by atoms with Crippen molar-refractivity contribution in [2.24, 2.45) is 0 Å². The third kappa shape index (κ3) is 6.27. The van der Waals surface area contributed by atoms with E-state index in [1.165, 1.54) is 6.07 Å². The average Bonchev–Trinajstić information content (AvgIpc) is 2.76. The van der Waals surface area contributed by atoms with Gasteiger partial charge >= 0.3 is 6.18 Å². The monoisotopic (exact) mass is 452 g/mol. The highest BCUT2D eigenvalue weighted by molar-refractivity contribution is 5.95. The highest BCUT2D eigenvalue weighted by Crippen LogP contribution is 2.31. The second-order valence-corrected chi connectivity index (χ2v) is 7.48. The van der Waals surface area contributed by atoms with Crippen molar-refractivity contribution in [1.82, 2.24) is 10.3 Å². The van der Waals surface area contributed by atoms with Crippen molar-refractivity contribution < 1.29 is 32.2 Å². The molecule has 1 saturated carbocycles. The number of hydrogen-bond donors (Lipinski definition) is 1. The first-order chi connectivity index (χ1) is 15.3. The largest absolute Gasteiger partial charge is 0.490 e. The molecule has 1 N–H and O–H groups in total.